The van der Waals surface area contributed by atoms with Gasteiger partial charge in [-0.3, -0.25) is 9.67 Å². The first kappa shape index (κ1) is 22.5. The van der Waals surface area contributed by atoms with Crippen LogP contribution < -0.4 is 5.32 Å². The van der Waals surface area contributed by atoms with Gasteiger partial charge in [0.1, 0.15) is 11.9 Å². The van der Waals surface area contributed by atoms with Crippen LogP contribution in [0.1, 0.15) is 24.4 Å². The number of hydrogen-bond acceptors (Lipinski definition) is 4. The van der Waals surface area contributed by atoms with Gasteiger partial charge in [0, 0.05) is 38.4 Å². The molecule has 4 rings (SSSR count). The molecule has 1 unspecified atom stereocenters. The van der Waals surface area contributed by atoms with Crippen LogP contribution in [0.3, 0.4) is 0 Å². The van der Waals surface area contributed by atoms with Crippen LogP contribution in [0.15, 0.2) is 41.7 Å². The van der Waals surface area contributed by atoms with E-state index in [0.717, 1.165) is 54.6 Å². The van der Waals surface area contributed by atoms with Crippen molar-refractivity contribution < 1.29 is 4.74 Å². The molecule has 0 aliphatic carbocycles. The number of imidazole rings is 1. The van der Waals surface area contributed by atoms with Crippen molar-refractivity contribution in [2.45, 2.75) is 26.5 Å². The number of rotatable bonds is 5. The topological polar surface area (TPSA) is 72.5 Å². The number of benzene rings is 1. The summed E-state index contributed by atoms with van der Waals surface area (Å²) in [5, 5.41) is 7.71. The number of aliphatic imine (C=N–C) groups is 1. The standard InChI is InChI=1S/C21H29N7O.HI/c1-4-22-21(27-11-12-29-20(15-27)17-13-24-26(3)14-17)23-9-10-28-16(2)25-18-7-5-6-8-19(18)28;/h5-8,13-14,20H,4,9-12,15H2,1-3H3,(H,22,23);1H. The number of aromatic nitrogens is 4. The van der Waals surface area contributed by atoms with Gasteiger partial charge in [-0.1, -0.05) is 12.1 Å². The van der Waals surface area contributed by atoms with Crippen molar-refractivity contribution in [2.75, 3.05) is 32.8 Å². The smallest absolute Gasteiger partial charge is 0.194 e. The number of nitrogens with one attached hydrogen (secondary N) is 1. The largest absolute Gasteiger partial charge is 0.370 e. The first-order chi connectivity index (χ1) is 14.2. The molecule has 2 aromatic heterocycles. The van der Waals surface area contributed by atoms with Crippen molar-refractivity contribution in [1.82, 2.24) is 29.5 Å². The number of halogens is 1. The lowest BCUT2D eigenvalue weighted by atomic mass is 10.1. The van der Waals surface area contributed by atoms with Crippen LogP contribution in [0.25, 0.3) is 11.0 Å². The highest BCUT2D eigenvalue weighted by Gasteiger charge is 2.25. The molecule has 1 atom stereocenters. The lowest BCUT2D eigenvalue weighted by molar-refractivity contribution is -0.00804. The van der Waals surface area contributed by atoms with E-state index in [2.05, 4.69) is 56.9 Å². The molecule has 1 saturated heterocycles. The molecule has 0 bridgehead atoms. The second kappa shape index (κ2) is 10.3. The maximum absolute atomic E-state index is 5.97. The molecular weight excluding hydrogens is 493 g/mol. The molecule has 9 heteroatoms. The molecule has 30 heavy (non-hydrogen) atoms. The summed E-state index contributed by atoms with van der Waals surface area (Å²) >= 11 is 0. The van der Waals surface area contributed by atoms with Gasteiger partial charge in [0.05, 0.1) is 36.9 Å². The second-order valence-corrected chi connectivity index (χ2v) is 7.29. The number of ether oxygens (including phenoxy) is 1. The Hall–Kier alpha value is -2.14. The van der Waals surface area contributed by atoms with E-state index >= 15 is 0 Å². The Balaban J connectivity index is 0.00000256. The SMILES string of the molecule is CCNC(=NCCn1c(C)nc2ccccc21)N1CCOC(c2cnn(C)c2)C1.I. The lowest BCUT2D eigenvalue weighted by Gasteiger charge is -2.34. The average molecular weight is 523 g/mol. The third-order valence-corrected chi connectivity index (χ3v) is 5.23. The average Bonchev–Trinajstić information content (AvgIpc) is 3.30. The molecule has 1 N–H and O–H groups in total. The predicted molar refractivity (Wildman–Crippen MR) is 129 cm³/mol. The predicted octanol–water partition coefficient (Wildman–Crippen LogP) is 2.74. The fourth-order valence-electron chi connectivity index (χ4n) is 3.81. The highest BCUT2D eigenvalue weighted by Crippen LogP contribution is 2.21. The molecule has 1 aromatic carbocycles. The first-order valence-electron chi connectivity index (χ1n) is 10.2. The molecule has 8 nitrogen and oxygen atoms in total. The maximum atomic E-state index is 5.97. The van der Waals surface area contributed by atoms with E-state index in [4.69, 9.17) is 9.73 Å². The Kier molecular flexibility index (Phi) is 7.70. The van der Waals surface area contributed by atoms with Gasteiger partial charge in [0.2, 0.25) is 0 Å². The van der Waals surface area contributed by atoms with Gasteiger partial charge < -0.3 is 19.5 Å². The Morgan fingerprint density at radius 1 is 1.33 bits per heavy atom. The van der Waals surface area contributed by atoms with Gasteiger partial charge >= 0.3 is 0 Å². The number of aryl methyl sites for hydroxylation is 2. The van der Waals surface area contributed by atoms with Crippen LogP contribution in [0, 0.1) is 6.92 Å². The lowest BCUT2D eigenvalue weighted by Crippen LogP contribution is -2.48. The van der Waals surface area contributed by atoms with E-state index in [1.165, 1.54) is 0 Å². The normalized spacial score (nSPS) is 17.2. The van der Waals surface area contributed by atoms with E-state index in [-0.39, 0.29) is 30.1 Å². The zero-order chi connectivity index (χ0) is 20.2. The van der Waals surface area contributed by atoms with Crippen LogP contribution in [0.2, 0.25) is 0 Å². The molecule has 1 fully saturated rings. The molecule has 1 aliphatic rings. The number of morpholine rings is 1. The first-order valence-corrected chi connectivity index (χ1v) is 10.2. The zero-order valence-electron chi connectivity index (χ0n) is 17.8. The minimum atomic E-state index is 0. The molecular formula is C21H30IN7O. The monoisotopic (exact) mass is 523 g/mol. The molecule has 3 aromatic rings. The summed E-state index contributed by atoms with van der Waals surface area (Å²) in [6.07, 6.45) is 3.91. The minimum Gasteiger partial charge on any atom is -0.370 e. The van der Waals surface area contributed by atoms with E-state index in [0.29, 0.717) is 13.2 Å². The molecule has 1 aliphatic heterocycles. The van der Waals surface area contributed by atoms with Gasteiger partial charge in [-0.25, -0.2) is 4.98 Å². The number of guanidine groups is 1. The number of para-hydroxylation sites is 2. The van der Waals surface area contributed by atoms with Crippen molar-refractivity contribution in [3.63, 3.8) is 0 Å². The van der Waals surface area contributed by atoms with Crippen LogP contribution in [0.5, 0.6) is 0 Å². The molecule has 0 radical (unpaired) electrons. The van der Waals surface area contributed by atoms with Crippen LogP contribution >= 0.6 is 24.0 Å². The molecule has 0 saturated carbocycles. The van der Waals surface area contributed by atoms with Gasteiger partial charge in [-0.15, -0.1) is 24.0 Å². The summed E-state index contributed by atoms with van der Waals surface area (Å²) in [4.78, 5) is 11.8. The quantitative estimate of drug-likeness (QED) is 0.317. The molecule has 0 amide bonds. The Labute approximate surface area is 194 Å². The fourth-order valence-corrected chi connectivity index (χ4v) is 3.81. The minimum absolute atomic E-state index is 0. The highest BCUT2D eigenvalue weighted by atomic mass is 127. The van der Waals surface area contributed by atoms with Crippen LogP contribution in [0.4, 0.5) is 0 Å². The van der Waals surface area contributed by atoms with Crippen molar-refractivity contribution in [3.05, 3.63) is 48.0 Å². The van der Waals surface area contributed by atoms with E-state index in [1.54, 1.807) is 0 Å². The number of fused-ring (bicyclic) bond motifs is 1. The summed E-state index contributed by atoms with van der Waals surface area (Å²) in [6.45, 7) is 8.75. The van der Waals surface area contributed by atoms with Crippen molar-refractivity contribution in [1.29, 1.82) is 0 Å². The summed E-state index contributed by atoms with van der Waals surface area (Å²) < 4.78 is 10.0. The Morgan fingerprint density at radius 2 is 2.17 bits per heavy atom. The molecule has 162 valence electrons. The summed E-state index contributed by atoms with van der Waals surface area (Å²) in [5.74, 6) is 1.96. The summed E-state index contributed by atoms with van der Waals surface area (Å²) in [6, 6.07) is 8.25. The van der Waals surface area contributed by atoms with E-state index in [1.807, 2.05) is 30.2 Å². The van der Waals surface area contributed by atoms with E-state index in [9.17, 15) is 0 Å². The van der Waals surface area contributed by atoms with Crippen LogP contribution in [-0.4, -0.2) is 63.0 Å². The maximum Gasteiger partial charge on any atom is 0.194 e. The van der Waals surface area contributed by atoms with Gasteiger partial charge in [0.25, 0.3) is 0 Å². The second-order valence-electron chi connectivity index (χ2n) is 7.29. The van der Waals surface area contributed by atoms with Gasteiger partial charge in [-0.2, -0.15) is 5.10 Å². The third kappa shape index (κ3) is 4.94. The fraction of sp³-hybridized carbons (Fsp3) is 0.476. The molecule has 0 spiro atoms. The summed E-state index contributed by atoms with van der Waals surface area (Å²) in [7, 11) is 1.93. The Morgan fingerprint density at radius 3 is 2.93 bits per heavy atom. The third-order valence-electron chi connectivity index (χ3n) is 5.23. The van der Waals surface area contributed by atoms with Gasteiger partial charge in [-0.05, 0) is 26.0 Å². The van der Waals surface area contributed by atoms with Crippen molar-refractivity contribution in [3.8, 4) is 0 Å². The van der Waals surface area contributed by atoms with Crippen LogP contribution in [-0.2, 0) is 18.3 Å². The van der Waals surface area contributed by atoms with Gasteiger partial charge in [0.15, 0.2) is 5.96 Å². The summed E-state index contributed by atoms with van der Waals surface area (Å²) in [5.41, 5.74) is 3.30. The zero-order valence-corrected chi connectivity index (χ0v) is 20.1. The molecule has 3 heterocycles. The Bertz CT molecular complexity index is 996. The number of hydrogen-bond donors (Lipinski definition) is 1. The van der Waals surface area contributed by atoms with E-state index < -0.39 is 0 Å². The highest BCUT2D eigenvalue weighted by molar-refractivity contribution is 14.0. The van der Waals surface area contributed by atoms with Crippen molar-refractivity contribution >= 4 is 41.0 Å². The van der Waals surface area contributed by atoms with Crippen molar-refractivity contribution in [2.24, 2.45) is 12.0 Å². The number of nitrogens with zero attached hydrogens (tertiary/aromatic N) is 6.